The SMILES string of the molecule is CCCC(=O)Nc1cccc(NCc2cnc(Cl)s2)c1. The molecule has 1 amide bonds. The number of nitrogens with zero attached hydrogens (tertiary/aromatic N) is 1. The van der Waals surface area contributed by atoms with Gasteiger partial charge in [0, 0.05) is 28.9 Å². The number of amides is 1. The average Bonchev–Trinajstić information content (AvgIpc) is 2.83. The molecule has 0 unspecified atom stereocenters. The first-order valence-electron chi connectivity index (χ1n) is 6.41. The molecular weight excluding hydrogens is 294 g/mol. The van der Waals surface area contributed by atoms with E-state index in [9.17, 15) is 4.79 Å². The highest BCUT2D eigenvalue weighted by Gasteiger charge is 2.03. The van der Waals surface area contributed by atoms with Crippen LogP contribution in [0.4, 0.5) is 11.4 Å². The maximum absolute atomic E-state index is 11.6. The summed E-state index contributed by atoms with van der Waals surface area (Å²) in [7, 11) is 0. The summed E-state index contributed by atoms with van der Waals surface area (Å²) in [5.74, 6) is 0.0406. The summed E-state index contributed by atoms with van der Waals surface area (Å²) in [6.45, 7) is 2.65. The van der Waals surface area contributed by atoms with Crippen molar-refractivity contribution in [2.45, 2.75) is 26.3 Å². The first kappa shape index (κ1) is 14.8. The minimum atomic E-state index is 0.0406. The van der Waals surface area contributed by atoms with Gasteiger partial charge in [0.25, 0.3) is 0 Å². The third-order valence-electron chi connectivity index (χ3n) is 2.62. The lowest BCUT2D eigenvalue weighted by molar-refractivity contribution is -0.116. The van der Waals surface area contributed by atoms with Crippen molar-refractivity contribution in [1.29, 1.82) is 0 Å². The summed E-state index contributed by atoms with van der Waals surface area (Å²) in [4.78, 5) is 16.6. The Morgan fingerprint density at radius 3 is 2.90 bits per heavy atom. The van der Waals surface area contributed by atoms with Gasteiger partial charge in [-0.25, -0.2) is 4.98 Å². The number of rotatable bonds is 6. The summed E-state index contributed by atoms with van der Waals surface area (Å²) in [6.07, 6.45) is 3.14. The molecule has 0 aliphatic heterocycles. The normalized spacial score (nSPS) is 10.3. The Labute approximate surface area is 127 Å². The van der Waals surface area contributed by atoms with E-state index >= 15 is 0 Å². The molecule has 0 spiro atoms. The van der Waals surface area contributed by atoms with E-state index in [1.165, 1.54) is 11.3 Å². The molecule has 20 heavy (non-hydrogen) atoms. The van der Waals surface area contributed by atoms with Gasteiger partial charge in [0.05, 0.1) is 6.54 Å². The van der Waals surface area contributed by atoms with Crippen molar-refractivity contribution in [3.05, 3.63) is 39.8 Å². The van der Waals surface area contributed by atoms with Gasteiger partial charge in [-0.05, 0) is 24.6 Å². The fourth-order valence-electron chi connectivity index (χ4n) is 1.71. The van der Waals surface area contributed by atoms with Crippen LogP contribution in [0.15, 0.2) is 30.5 Å². The number of carbonyl (C=O) groups is 1. The monoisotopic (exact) mass is 309 g/mol. The minimum Gasteiger partial charge on any atom is -0.380 e. The lowest BCUT2D eigenvalue weighted by Crippen LogP contribution is -2.10. The highest BCUT2D eigenvalue weighted by atomic mass is 35.5. The predicted molar refractivity (Wildman–Crippen MR) is 84.4 cm³/mol. The van der Waals surface area contributed by atoms with E-state index < -0.39 is 0 Å². The number of nitrogens with one attached hydrogen (secondary N) is 2. The Morgan fingerprint density at radius 1 is 1.40 bits per heavy atom. The van der Waals surface area contributed by atoms with Gasteiger partial charge in [0.2, 0.25) is 5.91 Å². The fraction of sp³-hybridized carbons (Fsp3) is 0.286. The molecule has 4 nitrogen and oxygen atoms in total. The van der Waals surface area contributed by atoms with Gasteiger partial charge in [-0.15, -0.1) is 11.3 Å². The van der Waals surface area contributed by atoms with Crippen LogP contribution in [0.2, 0.25) is 4.47 Å². The number of halogens is 1. The average molecular weight is 310 g/mol. The van der Waals surface area contributed by atoms with Crippen molar-refractivity contribution in [2.75, 3.05) is 10.6 Å². The van der Waals surface area contributed by atoms with Crippen molar-refractivity contribution in [3.63, 3.8) is 0 Å². The summed E-state index contributed by atoms with van der Waals surface area (Å²) >= 11 is 7.24. The number of carbonyl (C=O) groups excluding carboxylic acids is 1. The highest BCUT2D eigenvalue weighted by molar-refractivity contribution is 7.15. The van der Waals surface area contributed by atoms with E-state index in [0.29, 0.717) is 17.4 Å². The second-order valence-corrected chi connectivity index (χ2v) is 6.01. The van der Waals surface area contributed by atoms with Gasteiger partial charge < -0.3 is 10.6 Å². The molecule has 2 rings (SSSR count). The molecule has 0 fully saturated rings. The zero-order valence-corrected chi connectivity index (χ0v) is 12.7. The topological polar surface area (TPSA) is 54.0 Å². The lowest BCUT2D eigenvalue weighted by atomic mass is 10.2. The second-order valence-electron chi connectivity index (χ2n) is 4.31. The first-order valence-corrected chi connectivity index (χ1v) is 7.61. The molecule has 0 saturated carbocycles. The molecule has 0 atom stereocenters. The van der Waals surface area contributed by atoms with Crippen LogP contribution >= 0.6 is 22.9 Å². The number of anilines is 2. The third-order valence-corrected chi connectivity index (χ3v) is 3.73. The molecule has 2 aromatic rings. The lowest BCUT2D eigenvalue weighted by Gasteiger charge is -2.08. The summed E-state index contributed by atoms with van der Waals surface area (Å²) in [5, 5.41) is 6.16. The number of hydrogen-bond donors (Lipinski definition) is 2. The Morgan fingerprint density at radius 2 is 2.20 bits per heavy atom. The maximum Gasteiger partial charge on any atom is 0.224 e. The zero-order valence-electron chi connectivity index (χ0n) is 11.1. The molecule has 2 N–H and O–H groups in total. The number of thiazole rings is 1. The Balaban J connectivity index is 1.93. The predicted octanol–water partition coefficient (Wildman–Crippen LogP) is 4.15. The highest BCUT2D eigenvalue weighted by Crippen LogP contribution is 2.20. The van der Waals surface area contributed by atoms with Crippen molar-refractivity contribution in [2.24, 2.45) is 0 Å². The van der Waals surface area contributed by atoms with E-state index in [1.807, 2.05) is 31.2 Å². The van der Waals surface area contributed by atoms with Crippen LogP contribution in [-0.4, -0.2) is 10.9 Å². The summed E-state index contributed by atoms with van der Waals surface area (Å²) in [5.41, 5.74) is 1.75. The molecule has 1 aromatic carbocycles. The molecule has 0 aliphatic carbocycles. The molecule has 0 bridgehead atoms. The van der Waals surface area contributed by atoms with Gasteiger partial charge in [-0.2, -0.15) is 0 Å². The molecule has 106 valence electrons. The van der Waals surface area contributed by atoms with Crippen LogP contribution in [0.3, 0.4) is 0 Å². The first-order chi connectivity index (χ1) is 9.67. The van der Waals surface area contributed by atoms with Gasteiger partial charge in [-0.3, -0.25) is 4.79 Å². The summed E-state index contributed by atoms with van der Waals surface area (Å²) < 4.78 is 0.544. The van der Waals surface area contributed by atoms with Gasteiger partial charge in [0.15, 0.2) is 4.47 Å². The van der Waals surface area contributed by atoms with Crippen molar-refractivity contribution >= 4 is 40.2 Å². The fourth-order valence-corrected chi connectivity index (χ4v) is 2.63. The van der Waals surface area contributed by atoms with Gasteiger partial charge in [-0.1, -0.05) is 24.6 Å². The standard InChI is InChI=1S/C14H16ClN3OS/c1-2-4-13(19)18-11-6-3-5-10(7-11)16-8-12-9-17-14(15)20-12/h3,5-7,9,16H,2,4,8H2,1H3,(H,18,19). The van der Waals surface area contributed by atoms with Crippen LogP contribution < -0.4 is 10.6 Å². The maximum atomic E-state index is 11.6. The van der Waals surface area contributed by atoms with E-state index in [-0.39, 0.29) is 5.91 Å². The van der Waals surface area contributed by atoms with E-state index in [4.69, 9.17) is 11.6 Å². The molecule has 0 radical (unpaired) electrons. The molecule has 1 aromatic heterocycles. The van der Waals surface area contributed by atoms with Crippen LogP contribution in [0.25, 0.3) is 0 Å². The van der Waals surface area contributed by atoms with E-state index in [2.05, 4.69) is 15.6 Å². The van der Waals surface area contributed by atoms with Crippen LogP contribution in [0.1, 0.15) is 24.6 Å². The molecular formula is C14H16ClN3OS. The minimum absolute atomic E-state index is 0.0406. The largest absolute Gasteiger partial charge is 0.380 e. The summed E-state index contributed by atoms with van der Waals surface area (Å²) in [6, 6.07) is 7.65. The van der Waals surface area contributed by atoms with Crippen LogP contribution in [-0.2, 0) is 11.3 Å². The molecule has 0 saturated heterocycles. The number of aromatic nitrogens is 1. The molecule has 6 heteroatoms. The smallest absolute Gasteiger partial charge is 0.224 e. The van der Waals surface area contributed by atoms with Crippen molar-refractivity contribution in [1.82, 2.24) is 4.98 Å². The van der Waals surface area contributed by atoms with Crippen LogP contribution in [0, 0.1) is 0 Å². The van der Waals surface area contributed by atoms with Crippen LogP contribution in [0.5, 0.6) is 0 Å². The second kappa shape index (κ2) is 7.26. The Bertz CT molecular complexity index is 585. The number of hydrogen-bond acceptors (Lipinski definition) is 4. The molecule has 1 heterocycles. The van der Waals surface area contributed by atoms with E-state index in [1.54, 1.807) is 6.20 Å². The third kappa shape index (κ3) is 4.51. The van der Waals surface area contributed by atoms with Crippen molar-refractivity contribution < 1.29 is 4.79 Å². The Kier molecular flexibility index (Phi) is 5.38. The molecule has 0 aliphatic rings. The van der Waals surface area contributed by atoms with E-state index in [0.717, 1.165) is 22.7 Å². The zero-order chi connectivity index (χ0) is 14.4. The van der Waals surface area contributed by atoms with Crippen molar-refractivity contribution in [3.8, 4) is 0 Å². The quantitative estimate of drug-likeness (QED) is 0.843. The van der Waals surface area contributed by atoms with Gasteiger partial charge in [0.1, 0.15) is 0 Å². The Hall–Kier alpha value is -1.59. The van der Waals surface area contributed by atoms with Gasteiger partial charge >= 0.3 is 0 Å². The number of benzene rings is 1.